The van der Waals surface area contributed by atoms with Gasteiger partial charge in [-0.2, -0.15) is 0 Å². The summed E-state index contributed by atoms with van der Waals surface area (Å²) in [6.45, 7) is 1.71. The van der Waals surface area contributed by atoms with E-state index in [1.165, 1.54) is 12.1 Å². The van der Waals surface area contributed by atoms with Crippen LogP contribution in [0.15, 0.2) is 23.1 Å². The first-order valence-corrected chi connectivity index (χ1v) is 7.67. The molecular weight excluding hydrogens is 302 g/mol. The average molecular weight is 317 g/mol. The molecule has 1 aliphatic rings. The molecule has 21 heavy (non-hydrogen) atoms. The molecule has 1 aliphatic heterocycles. The molecule has 1 saturated heterocycles. The van der Waals surface area contributed by atoms with Crippen LogP contribution >= 0.6 is 0 Å². The van der Waals surface area contributed by atoms with Crippen LogP contribution in [0.25, 0.3) is 0 Å². The van der Waals surface area contributed by atoms with E-state index in [0.717, 1.165) is 6.07 Å². The molecular formula is C11H15N3O6S. The summed E-state index contributed by atoms with van der Waals surface area (Å²) in [5.74, 6) is 0. The second-order valence-electron chi connectivity index (χ2n) is 4.43. The Hall–Kier alpha value is -1.75. The van der Waals surface area contributed by atoms with Crippen LogP contribution in [0.2, 0.25) is 0 Å². The fourth-order valence-electron chi connectivity index (χ4n) is 1.87. The number of anilines is 1. The minimum absolute atomic E-state index is 0.196. The van der Waals surface area contributed by atoms with Crippen molar-refractivity contribution in [2.75, 3.05) is 31.7 Å². The summed E-state index contributed by atoms with van der Waals surface area (Å²) in [6.07, 6.45) is -0.212. The van der Waals surface area contributed by atoms with Crippen molar-refractivity contribution in [3.8, 4) is 0 Å². The highest BCUT2D eigenvalue weighted by molar-refractivity contribution is 7.89. The molecule has 0 spiro atoms. The molecule has 0 amide bonds. The molecule has 9 nitrogen and oxygen atoms in total. The standard InChI is InChI=1S/C11H15N3O6S/c12-21(17,18)9-1-2-10(11(5-9)14(15)16)13-6-8-7-19-3-4-20-8/h1-2,5,8,13H,3-4,6-7H2,(H2,12,17,18)/t8-/m1/s1. The predicted molar refractivity (Wildman–Crippen MR) is 73.5 cm³/mol. The van der Waals surface area contributed by atoms with Crippen molar-refractivity contribution < 1.29 is 22.8 Å². The van der Waals surface area contributed by atoms with E-state index in [2.05, 4.69) is 5.32 Å². The second kappa shape index (κ2) is 6.35. The SMILES string of the molecule is NS(=O)(=O)c1ccc(NC[C@@H]2COCCO2)c([N+](=O)[O-])c1. The summed E-state index contributed by atoms with van der Waals surface area (Å²) < 4.78 is 33.1. The molecule has 116 valence electrons. The maximum absolute atomic E-state index is 11.2. The molecule has 1 fully saturated rings. The van der Waals surface area contributed by atoms with Gasteiger partial charge in [-0.25, -0.2) is 13.6 Å². The van der Waals surface area contributed by atoms with Gasteiger partial charge in [0.15, 0.2) is 0 Å². The number of nitro benzene ring substituents is 1. The molecule has 0 unspecified atom stereocenters. The summed E-state index contributed by atoms with van der Waals surface area (Å²) >= 11 is 0. The third-order valence-corrected chi connectivity index (χ3v) is 3.81. The van der Waals surface area contributed by atoms with Crippen LogP contribution in [-0.4, -0.2) is 45.8 Å². The second-order valence-corrected chi connectivity index (χ2v) is 5.99. The summed E-state index contributed by atoms with van der Waals surface area (Å²) in [6, 6.07) is 3.44. The van der Waals surface area contributed by atoms with Gasteiger partial charge < -0.3 is 14.8 Å². The van der Waals surface area contributed by atoms with E-state index in [1.807, 2.05) is 0 Å². The van der Waals surface area contributed by atoms with Crippen molar-refractivity contribution in [2.45, 2.75) is 11.0 Å². The third-order valence-electron chi connectivity index (χ3n) is 2.90. The first-order chi connectivity index (χ1) is 9.88. The number of nitrogens with zero attached hydrogens (tertiary/aromatic N) is 1. The van der Waals surface area contributed by atoms with Crippen LogP contribution in [0, 0.1) is 10.1 Å². The molecule has 1 heterocycles. The Bertz CT molecular complexity index is 627. The Balaban J connectivity index is 2.16. The zero-order chi connectivity index (χ0) is 15.5. The number of ether oxygens (including phenoxy) is 2. The fraction of sp³-hybridized carbons (Fsp3) is 0.455. The van der Waals surface area contributed by atoms with Gasteiger partial charge in [0.25, 0.3) is 5.69 Å². The van der Waals surface area contributed by atoms with Gasteiger partial charge in [0, 0.05) is 12.6 Å². The van der Waals surface area contributed by atoms with Crippen LogP contribution in [0.1, 0.15) is 0 Å². The van der Waals surface area contributed by atoms with Crippen LogP contribution < -0.4 is 10.5 Å². The summed E-state index contributed by atoms with van der Waals surface area (Å²) in [7, 11) is -3.99. The lowest BCUT2D eigenvalue weighted by molar-refractivity contribution is -0.384. The van der Waals surface area contributed by atoms with Gasteiger partial charge in [0.2, 0.25) is 10.0 Å². The number of hydrogen-bond acceptors (Lipinski definition) is 7. The van der Waals surface area contributed by atoms with E-state index in [-0.39, 0.29) is 22.4 Å². The number of sulfonamides is 1. The molecule has 0 aromatic heterocycles. The maximum atomic E-state index is 11.2. The van der Waals surface area contributed by atoms with Crippen molar-refractivity contribution >= 4 is 21.4 Å². The molecule has 0 bridgehead atoms. The fourth-order valence-corrected chi connectivity index (χ4v) is 2.40. The first-order valence-electron chi connectivity index (χ1n) is 6.12. The normalized spacial score (nSPS) is 19.2. The largest absolute Gasteiger partial charge is 0.377 e. The Kier molecular flexibility index (Phi) is 4.73. The van der Waals surface area contributed by atoms with Gasteiger partial charge in [-0.05, 0) is 12.1 Å². The Labute approximate surface area is 121 Å². The number of benzene rings is 1. The highest BCUT2D eigenvalue weighted by Crippen LogP contribution is 2.27. The Morgan fingerprint density at radius 2 is 2.19 bits per heavy atom. The number of nitrogens with two attached hydrogens (primary N) is 1. The molecule has 3 N–H and O–H groups in total. The van der Waals surface area contributed by atoms with Crippen LogP contribution in [0.4, 0.5) is 11.4 Å². The van der Waals surface area contributed by atoms with E-state index in [4.69, 9.17) is 14.6 Å². The lowest BCUT2D eigenvalue weighted by Crippen LogP contribution is -2.34. The van der Waals surface area contributed by atoms with E-state index >= 15 is 0 Å². The van der Waals surface area contributed by atoms with Crippen molar-refractivity contribution in [1.29, 1.82) is 0 Å². The number of primary sulfonamides is 1. The van der Waals surface area contributed by atoms with Gasteiger partial charge in [-0.15, -0.1) is 0 Å². The average Bonchev–Trinajstić information content (AvgIpc) is 2.45. The van der Waals surface area contributed by atoms with E-state index in [0.29, 0.717) is 26.4 Å². The van der Waals surface area contributed by atoms with Gasteiger partial charge >= 0.3 is 0 Å². The Morgan fingerprint density at radius 1 is 1.43 bits per heavy atom. The quantitative estimate of drug-likeness (QED) is 0.579. The highest BCUT2D eigenvalue weighted by Gasteiger charge is 2.20. The topological polar surface area (TPSA) is 134 Å². The smallest absolute Gasteiger partial charge is 0.293 e. The summed E-state index contributed by atoms with van der Waals surface area (Å²) in [5, 5.41) is 18.8. The van der Waals surface area contributed by atoms with Gasteiger partial charge in [0.05, 0.1) is 35.7 Å². The summed E-state index contributed by atoms with van der Waals surface area (Å²) in [5.41, 5.74) is -0.167. The van der Waals surface area contributed by atoms with E-state index in [1.54, 1.807) is 0 Å². The van der Waals surface area contributed by atoms with Gasteiger partial charge in [-0.3, -0.25) is 10.1 Å². The molecule has 10 heteroatoms. The highest BCUT2D eigenvalue weighted by atomic mass is 32.2. The Morgan fingerprint density at radius 3 is 2.76 bits per heavy atom. The summed E-state index contributed by atoms with van der Waals surface area (Å²) in [4.78, 5) is 10.0. The molecule has 0 radical (unpaired) electrons. The lowest BCUT2D eigenvalue weighted by atomic mass is 10.2. The van der Waals surface area contributed by atoms with Crippen LogP contribution in [0.5, 0.6) is 0 Å². The maximum Gasteiger partial charge on any atom is 0.293 e. The van der Waals surface area contributed by atoms with Gasteiger partial charge in [0.1, 0.15) is 5.69 Å². The number of hydrogen-bond donors (Lipinski definition) is 2. The zero-order valence-corrected chi connectivity index (χ0v) is 11.8. The molecule has 1 aromatic carbocycles. The molecule has 1 aromatic rings. The number of rotatable bonds is 5. The van der Waals surface area contributed by atoms with Gasteiger partial charge in [-0.1, -0.05) is 0 Å². The number of nitrogens with one attached hydrogen (secondary N) is 1. The van der Waals surface area contributed by atoms with Crippen LogP contribution in [0.3, 0.4) is 0 Å². The predicted octanol–water partition coefficient (Wildman–Crippen LogP) is 0.0695. The minimum Gasteiger partial charge on any atom is -0.377 e. The van der Waals surface area contributed by atoms with E-state index < -0.39 is 14.9 Å². The van der Waals surface area contributed by atoms with Crippen molar-refractivity contribution in [3.63, 3.8) is 0 Å². The minimum atomic E-state index is -3.99. The number of nitro groups is 1. The van der Waals surface area contributed by atoms with E-state index in [9.17, 15) is 18.5 Å². The third kappa shape index (κ3) is 4.11. The molecule has 1 atom stereocenters. The lowest BCUT2D eigenvalue weighted by Gasteiger charge is -2.23. The van der Waals surface area contributed by atoms with Crippen molar-refractivity contribution in [3.05, 3.63) is 28.3 Å². The molecule has 2 rings (SSSR count). The van der Waals surface area contributed by atoms with Crippen molar-refractivity contribution in [1.82, 2.24) is 0 Å². The first kappa shape index (κ1) is 15.6. The molecule has 0 aliphatic carbocycles. The van der Waals surface area contributed by atoms with Crippen LogP contribution in [-0.2, 0) is 19.5 Å². The van der Waals surface area contributed by atoms with Crippen molar-refractivity contribution in [2.24, 2.45) is 5.14 Å². The molecule has 0 saturated carbocycles. The zero-order valence-electron chi connectivity index (χ0n) is 11.0. The monoisotopic (exact) mass is 317 g/mol.